The predicted octanol–water partition coefficient (Wildman–Crippen LogP) is 4.89. The van der Waals surface area contributed by atoms with E-state index < -0.39 is 5.97 Å². The number of carboxylic acids is 1. The van der Waals surface area contributed by atoms with E-state index in [1.807, 2.05) is 44.2 Å². The molecule has 2 aromatic rings. The molecule has 0 fully saturated rings. The quantitative estimate of drug-likeness (QED) is 0.279. The van der Waals surface area contributed by atoms with Crippen LogP contribution in [0.4, 0.5) is 0 Å². The molecule has 2 amide bonds. The molecule has 2 N–H and O–H groups in total. The molecular weight excluding hydrogens is 448 g/mol. The first-order valence-electron chi connectivity index (χ1n) is 11.9. The van der Waals surface area contributed by atoms with Gasteiger partial charge in [-0.25, -0.2) is 4.79 Å². The third kappa shape index (κ3) is 7.90. The Morgan fingerprint density at radius 2 is 1.71 bits per heavy atom. The number of benzene rings is 2. The molecule has 34 heavy (non-hydrogen) atoms. The van der Waals surface area contributed by atoms with Gasteiger partial charge in [0.25, 0.3) is 0 Å². The van der Waals surface area contributed by atoms with E-state index in [1.54, 1.807) is 23.1 Å². The van der Waals surface area contributed by atoms with Crippen LogP contribution >= 0.6 is 12.6 Å². The molecule has 0 aliphatic carbocycles. The molecule has 0 saturated heterocycles. The minimum absolute atomic E-state index is 0.0357. The van der Waals surface area contributed by atoms with Crippen molar-refractivity contribution in [1.82, 2.24) is 10.2 Å². The summed E-state index contributed by atoms with van der Waals surface area (Å²) in [6, 6.07) is 14.5. The van der Waals surface area contributed by atoms with Gasteiger partial charge in [-0.05, 0) is 35.1 Å². The Balaban J connectivity index is 2.11. The number of nitrogens with one attached hydrogen (secondary N) is 1. The summed E-state index contributed by atoms with van der Waals surface area (Å²) in [4.78, 5) is 38.7. The number of amides is 2. The fourth-order valence-corrected chi connectivity index (χ4v) is 4.37. The fraction of sp³-hybridized carbons (Fsp3) is 0.444. The van der Waals surface area contributed by atoms with Gasteiger partial charge < -0.3 is 15.3 Å². The summed E-state index contributed by atoms with van der Waals surface area (Å²) in [6.07, 6.45) is 2.97. The monoisotopic (exact) mass is 484 g/mol. The number of hydrogen-bond donors (Lipinski definition) is 3. The molecule has 0 radical (unpaired) electrons. The Bertz CT molecular complexity index is 959. The average molecular weight is 485 g/mol. The van der Waals surface area contributed by atoms with Crippen molar-refractivity contribution in [3.05, 3.63) is 59.7 Å². The lowest BCUT2D eigenvalue weighted by Crippen LogP contribution is -2.43. The van der Waals surface area contributed by atoms with E-state index in [0.717, 1.165) is 30.4 Å². The Labute approximate surface area is 208 Å². The standard InChI is InChI=1S/C27H36N2O4S/c1-4-5-8-15-29(25(30)16-28-26(31)24(18-34)19(2)3)17-20-11-13-21(14-12-20)22-9-6-7-10-23(22)27(32)33/h6-7,9-14,19,24,34H,4-5,8,15-18H2,1-3H3,(H,28,31)(H,32,33). The molecule has 1 atom stereocenters. The molecule has 0 aliphatic heterocycles. The zero-order valence-electron chi connectivity index (χ0n) is 20.3. The average Bonchev–Trinajstić information content (AvgIpc) is 2.82. The van der Waals surface area contributed by atoms with Crippen LogP contribution in [0.2, 0.25) is 0 Å². The van der Waals surface area contributed by atoms with Crippen LogP contribution in [0.15, 0.2) is 48.5 Å². The second-order valence-electron chi connectivity index (χ2n) is 8.82. The van der Waals surface area contributed by atoms with Gasteiger partial charge in [-0.1, -0.05) is 76.1 Å². The van der Waals surface area contributed by atoms with Crippen LogP contribution in [-0.2, 0) is 16.1 Å². The SMILES string of the molecule is CCCCCN(Cc1ccc(-c2ccccc2C(=O)O)cc1)C(=O)CNC(=O)C(CS)C(C)C. The maximum Gasteiger partial charge on any atom is 0.336 e. The van der Waals surface area contributed by atoms with Gasteiger partial charge in [-0.3, -0.25) is 9.59 Å². The van der Waals surface area contributed by atoms with Crippen molar-refractivity contribution in [3.8, 4) is 11.1 Å². The third-order valence-electron chi connectivity index (χ3n) is 5.93. The minimum atomic E-state index is -0.966. The molecule has 0 spiro atoms. The lowest BCUT2D eigenvalue weighted by Gasteiger charge is -2.24. The number of carbonyl (C=O) groups is 3. The number of rotatable bonds is 13. The second-order valence-corrected chi connectivity index (χ2v) is 9.19. The van der Waals surface area contributed by atoms with Gasteiger partial charge >= 0.3 is 5.97 Å². The summed E-state index contributed by atoms with van der Waals surface area (Å²) in [7, 11) is 0. The summed E-state index contributed by atoms with van der Waals surface area (Å²) in [5.41, 5.74) is 2.67. The van der Waals surface area contributed by atoms with Gasteiger partial charge in [0.15, 0.2) is 0 Å². The molecule has 0 bridgehead atoms. The topological polar surface area (TPSA) is 86.7 Å². The first-order valence-corrected chi connectivity index (χ1v) is 12.5. The van der Waals surface area contributed by atoms with E-state index in [0.29, 0.717) is 24.4 Å². The van der Waals surface area contributed by atoms with Gasteiger partial charge in [0, 0.05) is 24.8 Å². The lowest BCUT2D eigenvalue weighted by molar-refractivity contribution is -0.134. The Hall–Kier alpha value is -2.80. The second kappa shape index (κ2) is 13.8. The third-order valence-corrected chi connectivity index (χ3v) is 6.33. The van der Waals surface area contributed by atoms with Crippen molar-refractivity contribution in [2.45, 2.75) is 46.6 Å². The fourth-order valence-electron chi connectivity index (χ4n) is 3.78. The van der Waals surface area contributed by atoms with Gasteiger partial charge in [-0.2, -0.15) is 12.6 Å². The first-order chi connectivity index (χ1) is 16.3. The number of carbonyl (C=O) groups excluding carboxylic acids is 2. The summed E-state index contributed by atoms with van der Waals surface area (Å²) in [5.74, 6) is -0.870. The number of carboxylic acid groups (broad SMARTS) is 1. The first kappa shape index (κ1) is 27.4. The van der Waals surface area contributed by atoms with Crippen LogP contribution in [0, 0.1) is 11.8 Å². The normalized spacial score (nSPS) is 11.8. The van der Waals surface area contributed by atoms with Crippen molar-refractivity contribution < 1.29 is 19.5 Å². The predicted molar refractivity (Wildman–Crippen MR) is 139 cm³/mol. The van der Waals surface area contributed by atoms with E-state index in [-0.39, 0.29) is 35.8 Å². The van der Waals surface area contributed by atoms with E-state index in [2.05, 4.69) is 24.9 Å². The number of hydrogen-bond acceptors (Lipinski definition) is 4. The van der Waals surface area contributed by atoms with Crippen LogP contribution in [0.25, 0.3) is 11.1 Å². The van der Waals surface area contributed by atoms with Crippen molar-refractivity contribution in [1.29, 1.82) is 0 Å². The molecular formula is C27H36N2O4S. The Morgan fingerprint density at radius 3 is 2.29 bits per heavy atom. The van der Waals surface area contributed by atoms with Crippen LogP contribution in [0.5, 0.6) is 0 Å². The van der Waals surface area contributed by atoms with Crippen LogP contribution < -0.4 is 5.32 Å². The lowest BCUT2D eigenvalue weighted by atomic mass is 9.97. The van der Waals surface area contributed by atoms with Crippen molar-refractivity contribution in [2.24, 2.45) is 11.8 Å². The van der Waals surface area contributed by atoms with Gasteiger partial charge in [0.05, 0.1) is 12.1 Å². The molecule has 0 aromatic heterocycles. The van der Waals surface area contributed by atoms with E-state index >= 15 is 0 Å². The molecule has 0 heterocycles. The van der Waals surface area contributed by atoms with Gasteiger partial charge in [0.2, 0.25) is 11.8 Å². The largest absolute Gasteiger partial charge is 0.478 e. The molecule has 0 aliphatic rings. The van der Waals surface area contributed by atoms with E-state index in [1.165, 1.54) is 0 Å². The number of nitrogens with zero attached hydrogens (tertiary/aromatic N) is 1. The molecule has 1 unspecified atom stereocenters. The summed E-state index contributed by atoms with van der Waals surface area (Å²) in [6.45, 7) is 7.07. The zero-order chi connectivity index (χ0) is 25.1. The van der Waals surface area contributed by atoms with Crippen molar-refractivity contribution >= 4 is 30.4 Å². The summed E-state index contributed by atoms with van der Waals surface area (Å²) < 4.78 is 0. The van der Waals surface area contributed by atoms with Crippen LogP contribution in [-0.4, -0.2) is 46.6 Å². The highest BCUT2D eigenvalue weighted by Gasteiger charge is 2.22. The molecule has 7 heteroatoms. The highest BCUT2D eigenvalue weighted by molar-refractivity contribution is 7.80. The number of aromatic carboxylic acids is 1. The maximum atomic E-state index is 13.0. The number of unbranched alkanes of at least 4 members (excludes halogenated alkanes) is 2. The van der Waals surface area contributed by atoms with Gasteiger partial charge in [0.1, 0.15) is 0 Å². The Kier molecular flexibility index (Phi) is 11.1. The van der Waals surface area contributed by atoms with E-state index in [9.17, 15) is 19.5 Å². The highest BCUT2D eigenvalue weighted by atomic mass is 32.1. The molecule has 2 rings (SSSR count). The van der Waals surface area contributed by atoms with Crippen LogP contribution in [0.1, 0.15) is 56.0 Å². The molecule has 0 saturated carbocycles. The number of thiol groups is 1. The van der Waals surface area contributed by atoms with Crippen molar-refractivity contribution in [3.63, 3.8) is 0 Å². The Morgan fingerprint density at radius 1 is 1.03 bits per heavy atom. The smallest absolute Gasteiger partial charge is 0.336 e. The molecule has 2 aromatic carbocycles. The maximum absolute atomic E-state index is 13.0. The van der Waals surface area contributed by atoms with Gasteiger partial charge in [-0.15, -0.1) is 0 Å². The molecule has 184 valence electrons. The summed E-state index contributed by atoms with van der Waals surface area (Å²) in [5, 5.41) is 12.2. The zero-order valence-corrected chi connectivity index (χ0v) is 21.2. The van der Waals surface area contributed by atoms with Crippen LogP contribution in [0.3, 0.4) is 0 Å². The molecule has 6 nitrogen and oxygen atoms in total. The van der Waals surface area contributed by atoms with E-state index in [4.69, 9.17) is 0 Å². The minimum Gasteiger partial charge on any atom is -0.478 e. The highest BCUT2D eigenvalue weighted by Crippen LogP contribution is 2.24. The van der Waals surface area contributed by atoms with Crippen molar-refractivity contribution in [2.75, 3.05) is 18.8 Å². The summed E-state index contributed by atoms with van der Waals surface area (Å²) >= 11 is 4.27.